The van der Waals surface area contributed by atoms with Gasteiger partial charge in [-0.1, -0.05) is 0 Å². The van der Waals surface area contributed by atoms with E-state index in [2.05, 4.69) is 20.7 Å². The van der Waals surface area contributed by atoms with Gasteiger partial charge < -0.3 is 15.4 Å². The Bertz CT molecular complexity index is 963. The van der Waals surface area contributed by atoms with Crippen LogP contribution < -0.4 is 10.6 Å². The Morgan fingerprint density at radius 1 is 1.11 bits per heavy atom. The second-order valence-electron chi connectivity index (χ2n) is 6.33. The second-order valence-corrected chi connectivity index (χ2v) is 6.33. The van der Waals surface area contributed by atoms with Crippen LogP contribution in [0.2, 0.25) is 0 Å². The van der Waals surface area contributed by atoms with E-state index in [0.29, 0.717) is 16.9 Å². The fourth-order valence-corrected chi connectivity index (χ4v) is 2.61. The molecule has 8 heteroatoms. The van der Waals surface area contributed by atoms with Crippen LogP contribution in [0.1, 0.15) is 30.2 Å². The molecule has 0 bridgehead atoms. The topological polar surface area (TPSA) is 98.1 Å². The molecule has 140 valence electrons. The number of nitrogens with zero attached hydrogens (tertiary/aromatic N) is 3. The monoisotopic (exact) mass is 367 g/mol. The molecule has 1 aromatic carbocycles. The molecule has 27 heavy (non-hydrogen) atoms. The normalized spacial score (nSPS) is 11.0. The van der Waals surface area contributed by atoms with E-state index >= 15 is 0 Å². The lowest BCUT2D eigenvalue weighted by molar-refractivity contribution is -0.119. The minimum Gasteiger partial charge on any atom is -0.375 e. The number of hydrogen-bond acceptors (Lipinski definition) is 5. The van der Waals surface area contributed by atoms with Crippen molar-refractivity contribution in [2.45, 2.75) is 19.9 Å². The number of benzene rings is 1. The number of methoxy groups -OCH3 is 1. The lowest BCUT2D eigenvalue weighted by atomic mass is 10.2. The number of aromatic nitrogens is 3. The van der Waals surface area contributed by atoms with Crippen LogP contribution in [0, 0.1) is 0 Å². The van der Waals surface area contributed by atoms with Crippen molar-refractivity contribution in [2.24, 2.45) is 0 Å². The molecule has 8 nitrogen and oxygen atoms in total. The first kappa shape index (κ1) is 18.5. The fraction of sp³-hybridized carbons (Fsp3) is 0.263. The average molecular weight is 367 g/mol. The second kappa shape index (κ2) is 7.96. The summed E-state index contributed by atoms with van der Waals surface area (Å²) < 4.78 is 6.58. The Hall–Kier alpha value is -3.26. The molecule has 2 amide bonds. The third kappa shape index (κ3) is 4.29. The van der Waals surface area contributed by atoms with E-state index in [9.17, 15) is 9.59 Å². The third-order valence-corrected chi connectivity index (χ3v) is 3.89. The van der Waals surface area contributed by atoms with Gasteiger partial charge in [0.2, 0.25) is 5.91 Å². The number of hydrogen-bond donors (Lipinski definition) is 2. The Labute approximate surface area is 156 Å². The Balaban J connectivity index is 1.69. The van der Waals surface area contributed by atoms with Crippen molar-refractivity contribution in [3.63, 3.8) is 0 Å². The number of rotatable bonds is 6. The Kier molecular flexibility index (Phi) is 5.46. The average Bonchev–Trinajstić information content (AvgIpc) is 3.07. The minimum atomic E-state index is -0.266. The van der Waals surface area contributed by atoms with Gasteiger partial charge in [0.05, 0.1) is 11.8 Å². The van der Waals surface area contributed by atoms with Crippen molar-refractivity contribution in [1.29, 1.82) is 0 Å². The highest BCUT2D eigenvalue weighted by Gasteiger charge is 2.12. The van der Waals surface area contributed by atoms with Crippen molar-refractivity contribution >= 4 is 34.2 Å². The van der Waals surface area contributed by atoms with E-state index < -0.39 is 0 Å². The predicted octanol–water partition coefficient (Wildman–Crippen LogP) is 2.85. The molecule has 0 saturated heterocycles. The van der Waals surface area contributed by atoms with Crippen molar-refractivity contribution in [2.75, 3.05) is 24.4 Å². The molecule has 0 aliphatic rings. The standard InChI is InChI=1S/C19H21N5O3/c1-12(2)24-18-13(10-21-24)8-14(9-20-18)19(26)23-16-6-4-15(5-7-16)22-17(25)11-27-3/h4-10,12H,11H2,1-3H3,(H,22,25)(H,23,26). The maximum Gasteiger partial charge on any atom is 0.257 e. The summed E-state index contributed by atoms with van der Waals surface area (Å²) in [6.45, 7) is 4.04. The third-order valence-electron chi connectivity index (χ3n) is 3.89. The molecule has 3 aromatic rings. The maximum absolute atomic E-state index is 12.5. The van der Waals surface area contributed by atoms with Gasteiger partial charge in [0, 0.05) is 36.1 Å². The molecular formula is C19H21N5O3. The molecule has 0 atom stereocenters. The highest BCUT2D eigenvalue weighted by molar-refractivity contribution is 6.05. The molecule has 0 spiro atoms. The zero-order chi connectivity index (χ0) is 19.4. The van der Waals surface area contributed by atoms with Crippen LogP contribution in [-0.4, -0.2) is 40.3 Å². The predicted molar refractivity (Wildman–Crippen MR) is 103 cm³/mol. The van der Waals surface area contributed by atoms with Crippen LogP contribution in [0.5, 0.6) is 0 Å². The Morgan fingerprint density at radius 3 is 2.41 bits per heavy atom. The molecule has 0 fully saturated rings. The first-order chi connectivity index (χ1) is 13.0. The maximum atomic E-state index is 12.5. The van der Waals surface area contributed by atoms with Gasteiger partial charge in [-0.05, 0) is 44.2 Å². The quantitative estimate of drug-likeness (QED) is 0.698. The molecule has 3 rings (SSSR count). The molecule has 0 saturated carbocycles. The number of amides is 2. The minimum absolute atomic E-state index is 0.0125. The first-order valence-corrected chi connectivity index (χ1v) is 8.51. The van der Waals surface area contributed by atoms with Crippen molar-refractivity contribution < 1.29 is 14.3 Å². The van der Waals surface area contributed by atoms with Crippen LogP contribution >= 0.6 is 0 Å². The fourth-order valence-electron chi connectivity index (χ4n) is 2.61. The lowest BCUT2D eigenvalue weighted by Gasteiger charge is -2.08. The van der Waals surface area contributed by atoms with Crippen molar-refractivity contribution in [3.8, 4) is 0 Å². The van der Waals surface area contributed by atoms with Gasteiger partial charge in [0.15, 0.2) is 5.65 Å². The van der Waals surface area contributed by atoms with Gasteiger partial charge in [-0.3, -0.25) is 9.59 Å². The van der Waals surface area contributed by atoms with Gasteiger partial charge in [0.1, 0.15) is 6.61 Å². The highest BCUT2D eigenvalue weighted by Crippen LogP contribution is 2.18. The number of carbonyl (C=O) groups excluding carboxylic acids is 2. The summed E-state index contributed by atoms with van der Waals surface area (Å²) in [5, 5.41) is 10.6. The zero-order valence-electron chi connectivity index (χ0n) is 15.4. The van der Waals surface area contributed by atoms with Crippen molar-refractivity contribution in [3.05, 3.63) is 48.3 Å². The molecule has 2 N–H and O–H groups in total. The van der Waals surface area contributed by atoms with E-state index in [1.54, 1.807) is 36.5 Å². The SMILES string of the molecule is COCC(=O)Nc1ccc(NC(=O)c2cnc3c(cnn3C(C)C)c2)cc1. The number of ether oxygens (including phenoxy) is 1. The summed E-state index contributed by atoms with van der Waals surface area (Å²) in [5.74, 6) is -0.506. The first-order valence-electron chi connectivity index (χ1n) is 8.51. The summed E-state index contributed by atoms with van der Waals surface area (Å²) in [6.07, 6.45) is 3.24. The van der Waals surface area contributed by atoms with Crippen LogP contribution in [0.25, 0.3) is 11.0 Å². The smallest absolute Gasteiger partial charge is 0.257 e. The van der Waals surface area contributed by atoms with E-state index in [4.69, 9.17) is 4.74 Å². The number of carbonyl (C=O) groups is 2. The van der Waals surface area contributed by atoms with Gasteiger partial charge in [-0.15, -0.1) is 0 Å². The highest BCUT2D eigenvalue weighted by atomic mass is 16.5. The molecule has 2 aromatic heterocycles. The van der Waals surface area contributed by atoms with Crippen LogP contribution in [0.4, 0.5) is 11.4 Å². The van der Waals surface area contributed by atoms with Crippen LogP contribution in [0.3, 0.4) is 0 Å². The summed E-state index contributed by atoms with van der Waals surface area (Å²) >= 11 is 0. The van der Waals surface area contributed by atoms with Gasteiger partial charge in [0.25, 0.3) is 5.91 Å². The molecule has 2 heterocycles. The summed E-state index contributed by atoms with van der Waals surface area (Å²) in [5.41, 5.74) is 2.43. The van der Waals surface area contributed by atoms with Crippen molar-refractivity contribution in [1.82, 2.24) is 14.8 Å². The van der Waals surface area contributed by atoms with Crippen LogP contribution in [0.15, 0.2) is 42.7 Å². The number of anilines is 2. The molecule has 0 aliphatic heterocycles. The number of nitrogens with one attached hydrogen (secondary N) is 2. The molecule has 0 unspecified atom stereocenters. The Morgan fingerprint density at radius 2 is 1.78 bits per heavy atom. The molecule has 0 radical (unpaired) electrons. The zero-order valence-corrected chi connectivity index (χ0v) is 15.4. The summed E-state index contributed by atoms with van der Waals surface area (Å²) in [7, 11) is 1.46. The van der Waals surface area contributed by atoms with E-state index in [0.717, 1.165) is 11.0 Å². The van der Waals surface area contributed by atoms with E-state index in [1.807, 2.05) is 18.5 Å². The molecule has 0 aliphatic carbocycles. The summed E-state index contributed by atoms with van der Waals surface area (Å²) in [4.78, 5) is 28.3. The largest absolute Gasteiger partial charge is 0.375 e. The summed E-state index contributed by atoms with van der Waals surface area (Å²) in [6, 6.07) is 8.79. The number of fused-ring (bicyclic) bond motifs is 1. The van der Waals surface area contributed by atoms with E-state index in [1.165, 1.54) is 13.3 Å². The lowest BCUT2D eigenvalue weighted by Crippen LogP contribution is -2.17. The van der Waals surface area contributed by atoms with Gasteiger partial charge in [-0.25, -0.2) is 9.67 Å². The number of pyridine rings is 1. The van der Waals surface area contributed by atoms with Gasteiger partial charge >= 0.3 is 0 Å². The molecular weight excluding hydrogens is 346 g/mol. The van der Waals surface area contributed by atoms with Crippen LogP contribution in [-0.2, 0) is 9.53 Å². The van der Waals surface area contributed by atoms with Gasteiger partial charge in [-0.2, -0.15) is 5.10 Å². The van der Waals surface area contributed by atoms with E-state index in [-0.39, 0.29) is 24.5 Å².